The monoisotopic (exact) mass is 338 g/mol. The number of methoxy groups -OCH3 is 1. The third-order valence-corrected chi connectivity index (χ3v) is 3.57. The summed E-state index contributed by atoms with van der Waals surface area (Å²) in [5.41, 5.74) is 1.56. The highest BCUT2D eigenvalue weighted by Crippen LogP contribution is 2.25. The molecule has 0 heterocycles. The fraction of sp³-hybridized carbons (Fsp3) is 0.188. The molecule has 22 heavy (non-hydrogen) atoms. The molecule has 2 aromatic carbocycles. The number of rotatable bonds is 5. The van der Waals surface area contributed by atoms with Gasteiger partial charge in [0.15, 0.2) is 0 Å². The maximum absolute atomic E-state index is 11.8. The summed E-state index contributed by atoms with van der Waals surface area (Å²) in [5, 5.41) is 6.39. The number of hydrogen-bond donors (Lipinski definition) is 2. The van der Waals surface area contributed by atoms with Crippen LogP contribution in [-0.4, -0.2) is 19.7 Å². The standard InChI is InChI=1S/C16H16Cl2N2O2/c1-22-13-4-2-3-11(9-13)7-8-19-16(21)20-15-10-12(17)5-6-14(15)18/h2-6,9-10H,7-8H2,1H3,(H2,19,20,21). The van der Waals surface area contributed by atoms with Gasteiger partial charge in [0.2, 0.25) is 0 Å². The van der Waals surface area contributed by atoms with Crippen LogP contribution >= 0.6 is 23.2 Å². The summed E-state index contributed by atoms with van der Waals surface area (Å²) in [7, 11) is 1.62. The Morgan fingerprint density at radius 1 is 1.18 bits per heavy atom. The van der Waals surface area contributed by atoms with Crippen LogP contribution < -0.4 is 15.4 Å². The minimum atomic E-state index is -0.327. The summed E-state index contributed by atoms with van der Waals surface area (Å²) in [4.78, 5) is 11.8. The first-order valence-corrected chi connectivity index (χ1v) is 7.47. The molecule has 0 aliphatic heterocycles. The van der Waals surface area contributed by atoms with Crippen molar-refractivity contribution in [3.8, 4) is 5.75 Å². The number of amides is 2. The van der Waals surface area contributed by atoms with E-state index >= 15 is 0 Å². The summed E-state index contributed by atoms with van der Waals surface area (Å²) < 4.78 is 5.16. The molecule has 0 radical (unpaired) electrons. The number of hydrogen-bond acceptors (Lipinski definition) is 2. The lowest BCUT2D eigenvalue weighted by atomic mass is 10.1. The maximum Gasteiger partial charge on any atom is 0.319 e. The number of carbonyl (C=O) groups is 1. The Hall–Kier alpha value is -1.91. The van der Waals surface area contributed by atoms with Crippen molar-refractivity contribution in [3.63, 3.8) is 0 Å². The largest absolute Gasteiger partial charge is 0.497 e. The molecule has 0 fully saturated rings. The molecule has 4 nitrogen and oxygen atoms in total. The topological polar surface area (TPSA) is 50.4 Å². The van der Waals surface area contributed by atoms with Crippen LogP contribution in [0.15, 0.2) is 42.5 Å². The van der Waals surface area contributed by atoms with Crippen molar-refractivity contribution in [2.75, 3.05) is 19.0 Å². The van der Waals surface area contributed by atoms with Crippen LogP contribution in [0.5, 0.6) is 5.75 Å². The van der Waals surface area contributed by atoms with Crippen molar-refractivity contribution >= 4 is 34.9 Å². The Balaban J connectivity index is 1.84. The zero-order valence-corrected chi connectivity index (χ0v) is 13.5. The summed E-state index contributed by atoms with van der Waals surface area (Å²) in [6.45, 7) is 0.497. The van der Waals surface area contributed by atoms with Crippen molar-refractivity contribution in [3.05, 3.63) is 58.1 Å². The van der Waals surface area contributed by atoms with Gasteiger partial charge in [-0.3, -0.25) is 0 Å². The van der Waals surface area contributed by atoms with Crippen molar-refractivity contribution in [2.24, 2.45) is 0 Å². The maximum atomic E-state index is 11.8. The SMILES string of the molecule is COc1cccc(CCNC(=O)Nc2cc(Cl)ccc2Cl)c1. The van der Waals surface area contributed by atoms with Crippen LogP contribution in [-0.2, 0) is 6.42 Å². The molecule has 116 valence electrons. The van der Waals surface area contributed by atoms with E-state index in [1.54, 1.807) is 25.3 Å². The normalized spacial score (nSPS) is 10.1. The van der Waals surface area contributed by atoms with E-state index in [2.05, 4.69) is 10.6 Å². The number of anilines is 1. The molecule has 2 N–H and O–H groups in total. The number of halogens is 2. The predicted octanol–water partition coefficient (Wildman–Crippen LogP) is 4.37. The molecule has 2 rings (SSSR count). The van der Waals surface area contributed by atoms with Crippen LogP contribution in [0, 0.1) is 0 Å². The van der Waals surface area contributed by atoms with E-state index in [1.807, 2.05) is 24.3 Å². The molecule has 2 aromatic rings. The first-order chi connectivity index (χ1) is 10.6. The van der Waals surface area contributed by atoms with E-state index in [0.29, 0.717) is 28.7 Å². The summed E-state index contributed by atoms with van der Waals surface area (Å²) in [5.74, 6) is 0.799. The van der Waals surface area contributed by atoms with Gasteiger partial charge < -0.3 is 15.4 Å². The molecule has 0 aliphatic rings. The third-order valence-electron chi connectivity index (χ3n) is 3.01. The third kappa shape index (κ3) is 4.83. The highest BCUT2D eigenvalue weighted by molar-refractivity contribution is 6.35. The van der Waals surface area contributed by atoms with Gasteiger partial charge in [-0.05, 0) is 42.3 Å². The van der Waals surface area contributed by atoms with Gasteiger partial charge in [-0.25, -0.2) is 4.79 Å². The molecule has 0 bridgehead atoms. The van der Waals surface area contributed by atoms with E-state index in [9.17, 15) is 4.79 Å². The Labute approximate surface area is 139 Å². The van der Waals surface area contributed by atoms with Crippen LogP contribution in [0.1, 0.15) is 5.56 Å². The van der Waals surface area contributed by atoms with Crippen molar-refractivity contribution in [1.29, 1.82) is 0 Å². The molecule has 0 aromatic heterocycles. The molecule has 0 unspecified atom stereocenters. The van der Waals surface area contributed by atoms with Gasteiger partial charge in [0, 0.05) is 11.6 Å². The molecular weight excluding hydrogens is 323 g/mol. The van der Waals surface area contributed by atoms with Gasteiger partial charge in [0.25, 0.3) is 0 Å². The number of urea groups is 1. The Morgan fingerprint density at radius 2 is 2.00 bits per heavy atom. The van der Waals surface area contributed by atoms with E-state index in [0.717, 1.165) is 11.3 Å². The average Bonchev–Trinajstić information content (AvgIpc) is 2.51. The van der Waals surface area contributed by atoms with Gasteiger partial charge in [-0.2, -0.15) is 0 Å². The van der Waals surface area contributed by atoms with Crippen LogP contribution in [0.3, 0.4) is 0 Å². The predicted molar refractivity (Wildman–Crippen MR) is 90.2 cm³/mol. The smallest absolute Gasteiger partial charge is 0.319 e. The Bertz CT molecular complexity index is 662. The molecule has 0 saturated heterocycles. The number of ether oxygens (including phenoxy) is 1. The van der Waals surface area contributed by atoms with Gasteiger partial charge in [0.05, 0.1) is 17.8 Å². The van der Waals surface area contributed by atoms with Crippen molar-refractivity contribution in [2.45, 2.75) is 6.42 Å². The quantitative estimate of drug-likeness (QED) is 0.850. The van der Waals surface area contributed by atoms with Gasteiger partial charge in [0.1, 0.15) is 5.75 Å². The fourth-order valence-electron chi connectivity index (χ4n) is 1.91. The molecule has 0 spiro atoms. The second-order valence-electron chi connectivity index (χ2n) is 4.61. The molecular formula is C16H16Cl2N2O2. The molecule has 6 heteroatoms. The number of carbonyl (C=O) groups excluding carboxylic acids is 1. The summed E-state index contributed by atoms with van der Waals surface area (Å²) in [6, 6.07) is 12.3. The van der Waals surface area contributed by atoms with Crippen molar-refractivity contribution in [1.82, 2.24) is 5.32 Å². The second-order valence-corrected chi connectivity index (χ2v) is 5.45. The first-order valence-electron chi connectivity index (χ1n) is 6.71. The van der Waals surface area contributed by atoms with E-state index in [-0.39, 0.29) is 6.03 Å². The fourth-order valence-corrected chi connectivity index (χ4v) is 2.25. The lowest BCUT2D eigenvalue weighted by Gasteiger charge is -2.10. The highest BCUT2D eigenvalue weighted by Gasteiger charge is 2.06. The van der Waals surface area contributed by atoms with Crippen LogP contribution in [0.2, 0.25) is 10.0 Å². The minimum absolute atomic E-state index is 0.327. The highest BCUT2D eigenvalue weighted by atomic mass is 35.5. The first kappa shape index (κ1) is 16.5. The van der Waals surface area contributed by atoms with Crippen molar-refractivity contribution < 1.29 is 9.53 Å². The average molecular weight is 339 g/mol. The number of benzene rings is 2. The second kappa shape index (κ2) is 7.92. The van der Waals surface area contributed by atoms with Gasteiger partial charge in [-0.15, -0.1) is 0 Å². The lowest BCUT2D eigenvalue weighted by Crippen LogP contribution is -2.30. The lowest BCUT2D eigenvalue weighted by molar-refractivity contribution is 0.252. The Kier molecular flexibility index (Phi) is 5.92. The van der Waals surface area contributed by atoms with Crippen LogP contribution in [0.4, 0.5) is 10.5 Å². The zero-order chi connectivity index (χ0) is 15.9. The van der Waals surface area contributed by atoms with E-state index in [4.69, 9.17) is 27.9 Å². The summed E-state index contributed by atoms with van der Waals surface area (Å²) in [6.07, 6.45) is 0.702. The molecule has 0 atom stereocenters. The van der Waals surface area contributed by atoms with Gasteiger partial charge in [-0.1, -0.05) is 35.3 Å². The zero-order valence-electron chi connectivity index (χ0n) is 12.0. The number of nitrogens with one attached hydrogen (secondary N) is 2. The summed E-state index contributed by atoms with van der Waals surface area (Å²) >= 11 is 11.9. The Morgan fingerprint density at radius 3 is 2.77 bits per heavy atom. The molecule has 2 amide bonds. The van der Waals surface area contributed by atoms with Crippen LogP contribution in [0.25, 0.3) is 0 Å². The minimum Gasteiger partial charge on any atom is -0.497 e. The van der Waals surface area contributed by atoms with E-state index < -0.39 is 0 Å². The van der Waals surface area contributed by atoms with Gasteiger partial charge >= 0.3 is 6.03 Å². The molecule has 0 saturated carbocycles. The molecule has 0 aliphatic carbocycles. The van der Waals surface area contributed by atoms with E-state index in [1.165, 1.54) is 0 Å².